The van der Waals surface area contributed by atoms with Gasteiger partial charge in [0.15, 0.2) is 0 Å². The molecule has 0 saturated carbocycles. The normalized spacial score (nSPS) is 12.1. The van der Waals surface area contributed by atoms with Crippen LogP contribution in [0.2, 0.25) is 0 Å². The van der Waals surface area contributed by atoms with Gasteiger partial charge in [0.05, 0.1) is 0 Å². The average molecular weight is 487 g/mol. The Morgan fingerprint density at radius 3 is 1.86 bits per heavy atom. The number of ether oxygens (including phenoxy) is 2. The van der Waals surface area contributed by atoms with E-state index in [2.05, 4.69) is 20.4 Å². The van der Waals surface area contributed by atoms with E-state index in [1.54, 1.807) is 12.1 Å². The maximum absolute atomic E-state index is 12.8. The molecule has 0 amide bonds. The molecule has 1 N–H and O–H groups in total. The lowest BCUT2D eigenvalue weighted by Crippen LogP contribution is -2.23. The summed E-state index contributed by atoms with van der Waals surface area (Å²) in [4.78, 5) is 35.9. The molecule has 6 nitrogen and oxygen atoms in total. The molecular formula is C29H42O6. The minimum absolute atomic E-state index is 0.279. The molecule has 0 heterocycles. The first kappa shape index (κ1) is 30.1. The molecule has 6 heteroatoms. The molecule has 1 atom stereocenters. The molecule has 1 rings (SSSR count). The minimum Gasteiger partial charge on any atom is -0.477 e. The Morgan fingerprint density at radius 2 is 1.37 bits per heavy atom. The van der Waals surface area contributed by atoms with Gasteiger partial charge in [0.25, 0.3) is 0 Å². The summed E-state index contributed by atoms with van der Waals surface area (Å²) in [6, 6.07) is 6.19. The van der Waals surface area contributed by atoms with Crippen molar-refractivity contribution in [1.82, 2.24) is 0 Å². The van der Waals surface area contributed by atoms with E-state index in [0.717, 1.165) is 51.0 Å². The van der Waals surface area contributed by atoms with Crippen molar-refractivity contribution in [2.45, 2.75) is 103 Å². The van der Waals surface area contributed by atoms with Gasteiger partial charge in [-0.3, -0.25) is 0 Å². The van der Waals surface area contributed by atoms with Crippen molar-refractivity contribution in [3.05, 3.63) is 48.1 Å². The molecule has 1 aromatic carbocycles. The highest BCUT2D eigenvalue weighted by molar-refractivity contribution is 6.17. The highest BCUT2D eigenvalue weighted by Crippen LogP contribution is 2.20. The van der Waals surface area contributed by atoms with Crippen molar-refractivity contribution in [1.29, 1.82) is 0 Å². The molecule has 1 unspecified atom stereocenters. The second-order valence-electron chi connectivity index (χ2n) is 8.84. The van der Waals surface area contributed by atoms with E-state index in [4.69, 9.17) is 9.47 Å². The van der Waals surface area contributed by atoms with Gasteiger partial charge >= 0.3 is 17.9 Å². The fourth-order valence-electron chi connectivity index (χ4n) is 3.77. The largest absolute Gasteiger partial charge is 0.477 e. The zero-order valence-corrected chi connectivity index (χ0v) is 21.4. The molecule has 0 fully saturated rings. The van der Waals surface area contributed by atoms with Gasteiger partial charge in [-0.05, 0) is 49.5 Å². The maximum atomic E-state index is 12.8. The number of carbonyl (C=O) groups is 3. The topological polar surface area (TPSA) is 89.9 Å². The molecule has 0 aliphatic rings. The van der Waals surface area contributed by atoms with Crippen LogP contribution in [0.25, 0.3) is 6.08 Å². The molecular weight excluding hydrogens is 444 g/mol. The number of hydrogen-bond donors (Lipinski definition) is 1. The highest BCUT2D eigenvalue weighted by Gasteiger charge is 2.23. The van der Waals surface area contributed by atoms with E-state index in [1.807, 2.05) is 0 Å². The molecule has 0 radical (unpaired) electrons. The zero-order valence-electron chi connectivity index (χ0n) is 21.4. The summed E-state index contributed by atoms with van der Waals surface area (Å²) in [5, 5.41) is 9.64. The summed E-state index contributed by atoms with van der Waals surface area (Å²) in [6.07, 6.45) is 16.0. The van der Waals surface area contributed by atoms with E-state index >= 15 is 0 Å². The molecule has 0 aromatic heterocycles. The summed E-state index contributed by atoms with van der Waals surface area (Å²) in [7, 11) is 0. The number of rotatable bonds is 19. The molecule has 0 aliphatic carbocycles. The lowest BCUT2D eigenvalue weighted by atomic mass is 10.0. The Labute approximate surface area is 210 Å². The van der Waals surface area contributed by atoms with Crippen LogP contribution >= 0.6 is 0 Å². The second kappa shape index (κ2) is 18.4. The Bertz CT molecular complexity index is 809. The monoisotopic (exact) mass is 486 g/mol. The Kier molecular flexibility index (Phi) is 15.9. The first-order chi connectivity index (χ1) is 16.9. The van der Waals surface area contributed by atoms with E-state index in [9.17, 15) is 19.5 Å². The predicted molar refractivity (Wildman–Crippen MR) is 139 cm³/mol. The van der Waals surface area contributed by atoms with Gasteiger partial charge in [-0.25, -0.2) is 14.4 Å². The Morgan fingerprint density at radius 1 is 0.857 bits per heavy atom. The molecule has 194 valence electrons. The van der Waals surface area contributed by atoms with Gasteiger partial charge in [0, 0.05) is 6.08 Å². The SMILES string of the molecule is C=CC(=O)Oc1ccc(C=C(C(=O)O)C(=O)OC(CCCCCCC)CCCCCCCC)cc1. The third-order valence-electron chi connectivity index (χ3n) is 5.81. The molecule has 1 aromatic rings. The van der Waals surface area contributed by atoms with Gasteiger partial charge < -0.3 is 14.6 Å². The number of esters is 2. The summed E-state index contributed by atoms with van der Waals surface area (Å²) in [6.45, 7) is 7.70. The molecule has 0 saturated heterocycles. The van der Waals surface area contributed by atoms with E-state index < -0.39 is 23.5 Å². The number of carbonyl (C=O) groups excluding carboxylic acids is 2. The van der Waals surface area contributed by atoms with Crippen LogP contribution < -0.4 is 4.74 Å². The first-order valence-electron chi connectivity index (χ1n) is 13.0. The van der Waals surface area contributed by atoms with Gasteiger partial charge in [-0.2, -0.15) is 0 Å². The van der Waals surface area contributed by atoms with Crippen LogP contribution in [0.15, 0.2) is 42.5 Å². The van der Waals surface area contributed by atoms with Gasteiger partial charge in [0.1, 0.15) is 17.4 Å². The fourth-order valence-corrected chi connectivity index (χ4v) is 3.77. The molecule has 0 spiro atoms. The van der Waals surface area contributed by atoms with Crippen molar-refractivity contribution in [2.24, 2.45) is 0 Å². The van der Waals surface area contributed by atoms with Crippen molar-refractivity contribution in [3.8, 4) is 5.75 Å². The number of unbranched alkanes of at least 4 members (excludes halogenated alkanes) is 9. The van der Waals surface area contributed by atoms with Crippen LogP contribution in [0.4, 0.5) is 0 Å². The lowest BCUT2D eigenvalue weighted by molar-refractivity contribution is -0.148. The smallest absolute Gasteiger partial charge is 0.345 e. The van der Waals surface area contributed by atoms with E-state index in [0.29, 0.717) is 11.3 Å². The van der Waals surface area contributed by atoms with Gasteiger partial charge in [-0.15, -0.1) is 0 Å². The standard InChI is InChI=1S/C29H42O6/c1-4-7-9-11-13-15-17-24(16-14-12-10-8-5-2)35-29(33)26(28(31)32)22-23-18-20-25(21-19-23)34-27(30)6-3/h6,18-22,24H,3-5,7-17H2,1-2H3,(H,31,32). The zero-order chi connectivity index (χ0) is 25.9. The van der Waals surface area contributed by atoms with Crippen molar-refractivity contribution < 1.29 is 29.0 Å². The van der Waals surface area contributed by atoms with Crippen molar-refractivity contribution in [3.63, 3.8) is 0 Å². The Balaban J connectivity index is 2.80. The van der Waals surface area contributed by atoms with E-state index in [-0.39, 0.29) is 6.10 Å². The minimum atomic E-state index is -1.33. The molecule has 0 aliphatic heterocycles. The number of aliphatic carboxylic acids is 1. The first-order valence-corrected chi connectivity index (χ1v) is 13.0. The second-order valence-corrected chi connectivity index (χ2v) is 8.84. The number of carboxylic acids is 1. The van der Waals surface area contributed by atoms with Crippen LogP contribution in [0, 0.1) is 0 Å². The summed E-state index contributed by atoms with van der Waals surface area (Å²) >= 11 is 0. The predicted octanol–water partition coefficient (Wildman–Crippen LogP) is 7.27. The van der Waals surface area contributed by atoms with Crippen LogP contribution in [0.1, 0.15) is 103 Å². The fraction of sp³-hybridized carbons (Fsp3) is 0.552. The molecule has 35 heavy (non-hydrogen) atoms. The van der Waals surface area contributed by atoms with Crippen LogP contribution in [0.5, 0.6) is 5.75 Å². The van der Waals surface area contributed by atoms with Crippen molar-refractivity contribution in [2.75, 3.05) is 0 Å². The Hall–Kier alpha value is -2.89. The quantitative estimate of drug-likeness (QED) is 0.0552. The summed E-state index contributed by atoms with van der Waals surface area (Å²) in [5.74, 6) is -2.44. The lowest BCUT2D eigenvalue weighted by Gasteiger charge is -2.18. The van der Waals surface area contributed by atoms with Crippen LogP contribution in [-0.2, 0) is 19.1 Å². The molecule has 0 bridgehead atoms. The number of hydrogen-bond acceptors (Lipinski definition) is 5. The van der Waals surface area contributed by atoms with Crippen molar-refractivity contribution >= 4 is 24.0 Å². The highest BCUT2D eigenvalue weighted by atomic mass is 16.5. The van der Waals surface area contributed by atoms with Gasteiger partial charge in [0.2, 0.25) is 0 Å². The maximum Gasteiger partial charge on any atom is 0.345 e. The third kappa shape index (κ3) is 13.5. The number of benzene rings is 1. The summed E-state index contributed by atoms with van der Waals surface area (Å²) < 4.78 is 10.7. The van der Waals surface area contributed by atoms with Crippen LogP contribution in [0.3, 0.4) is 0 Å². The van der Waals surface area contributed by atoms with Crippen LogP contribution in [-0.4, -0.2) is 29.1 Å². The van der Waals surface area contributed by atoms with E-state index in [1.165, 1.54) is 56.7 Å². The summed E-state index contributed by atoms with van der Waals surface area (Å²) in [5.41, 5.74) is 0.0737. The third-order valence-corrected chi connectivity index (χ3v) is 5.81. The van der Waals surface area contributed by atoms with Gasteiger partial charge in [-0.1, -0.05) is 90.3 Å². The number of carboxylic acid groups (broad SMARTS) is 1. The average Bonchev–Trinajstić information content (AvgIpc) is 2.84.